The Morgan fingerprint density at radius 1 is 0.655 bits per heavy atom. The van der Waals surface area contributed by atoms with Crippen LogP contribution in [0.25, 0.3) is 32.7 Å². The highest BCUT2D eigenvalue weighted by atomic mass is 28.3. The van der Waals surface area contributed by atoms with Gasteiger partial charge in [-0.25, -0.2) is 0 Å². The molecule has 146 valence electrons. The zero-order valence-corrected chi connectivity index (χ0v) is 19.4. The molecule has 0 unspecified atom stereocenters. The fourth-order valence-corrected chi connectivity index (χ4v) is 12.7. The minimum atomic E-state index is -1.92. The summed E-state index contributed by atoms with van der Waals surface area (Å²) < 4.78 is 0. The molecule has 29 heavy (non-hydrogen) atoms. The second-order valence-electron chi connectivity index (χ2n) is 9.56. The van der Waals surface area contributed by atoms with E-state index in [1.54, 1.807) is 10.4 Å². The van der Waals surface area contributed by atoms with E-state index in [2.05, 4.69) is 102 Å². The van der Waals surface area contributed by atoms with Crippen molar-refractivity contribution in [2.24, 2.45) is 0 Å². The number of hydrogen-bond acceptors (Lipinski definition) is 0. The maximum atomic E-state index is 2.47. The third kappa shape index (κ3) is 2.31. The highest BCUT2D eigenvalue weighted by molar-refractivity contribution is 7.06. The topological polar surface area (TPSA) is 0 Å². The second-order valence-corrected chi connectivity index (χ2v) is 14.7. The summed E-state index contributed by atoms with van der Waals surface area (Å²) in [4.78, 5) is 0. The van der Waals surface area contributed by atoms with Crippen molar-refractivity contribution in [3.8, 4) is 11.1 Å². The maximum Gasteiger partial charge on any atom is 0.124 e. The minimum Gasteiger partial charge on any atom is -0.0645 e. The van der Waals surface area contributed by atoms with Gasteiger partial charge in [0.25, 0.3) is 0 Å². The van der Waals surface area contributed by atoms with Crippen LogP contribution in [0.1, 0.15) is 38.8 Å². The van der Waals surface area contributed by atoms with E-state index in [9.17, 15) is 0 Å². The van der Waals surface area contributed by atoms with E-state index < -0.39 is 8.07 Å². The summed E-state index contributed by atoms with van der Waals surface area (Å²) in [7, 11) is -1.92. The quantitative estimate of drug-likeness (QED) is 0.254. The standard InChI is InChI=1S/C28H30Si/c1-17(2)29(18(3)4)25-12-8-7-10-22(25)24-16-21-15-19(5)14-20(6)27(21)23-11-9-13-26(29)28(23)24/h7-18H,1-6H3. The van der Waals surface area contributed by atoms with Gasteiger partial charge in [0.05, 0.1) is 0 Å². The lowest BCUT2D eigenvalue weighted by atomic mass is 9.90. The van der Waals surface area contributed by atoms with Crippen LogP contribution >= 0.6 is 0 Å². The molecule has 1 aliphatic rings. The Morgan fingerprint density at radius 3 is 2.07 bits per heavy atom. The smallest absolute Gasteiger partial charge is 0.0645 e. The summed E-state index contributed by atoms with van der Waals surface area (Å²) in [5.41, 5.74) is 6.95. The van der Waals surface area contributed by atoms with Gasteiger partial charge in [-0.15, -0.1) is 0 Å². The van der Waals surface area contributed by atoms with Crippen molar-refractivity contribution in [3.63, 3.8) is 0 Å². The average molecular weight is 395 g/mol. The lowest BCUT2D eigenvalue weighted by molar-refractivity contribution is 0.928. The van der Waals surface area contributed by atoms with Gasteiger partial charge in [0.15, 0.2) is 0 Å². The van der Waals surface area contributed by atoms with Gasteiger partial charge in [-0.2, -0.15) is 0 Å². The van der Waals surface area contributed by atoms with E-state index in [4.69, 9.17) is 0 Å². The molecule has 0 amide bonds. The summed E-state index contributed by atoms with van der Waals surface area (Å²) >= 11 is 0. The van der Waals surface area contributed by atoms with Crippen LogP contribution in [0.15, 0.2) is 60.7 Å². The van der Waals surface area contributed by atoms with Gasteiger partial charge < -0.3 is 0 Å². The Labute approximate surface area is 175 Å². The van der Waals surface area contributed by atoms with Crippen LogP contribution in [-0.4, -0.2) is 8.07 Å². The molecule has 4 aromatic rings. The first-order valence-corrected chi connectivity index (χ1v) is 13.1. The Kier molecular flexibility index (Phi) is 4.05. The molecular weight excluding hydrogens is 364 g/mol. The highest BCUT2D eigenvalue weighted by Gasteiger charge is 2.48. The zero-order valence-electron chi connectivity index (χ0n) is 18.4. The maximum absolute atomic E-state index is 2.47. The van der Waals surface area contributed by atoms with Gasteiger partial charge in [0.2, 0.25) is 0 Å². The summed E-state index contributed by atoms with van der Waals surface area (Å²) in [6.07, 6.45) is 0. The molecule has 0 radical (unpaired) electrons. The number of fused-ring (bicyclic) bond motifs is 4. The van der Waals surface area contributed by atoms with Gasteiger partial charge in [-0.1, -0.05) is 87.9 Å². The number of benzene rings is 4. The van der Waals surface area contributed by atoms with E-state index in [1.165, 1.54) is 43.8 Å². The Hall–Kier alpha value is -2.38. The van der Waals surface area contributed by atoms with Crippen LogP contribution in [0, 0.1) is 13.8 Å². The molecule has 4 aromatic carbocycles. The first-order valence-electron chi connectivity index (χ1n) is 10.9. The molecule has 0 atom stereocenters. The van der Waals surface area contributed by atoms with Crippen LogP contribution in [0.4, 0.5) is 0 Å². The molecule has 0 fully saturated rings. The first-order chi connectivity index (χ1) is 13.9. The molecule has 0 nitrogen and oxygen atoms in total. The van der Waals surface area contributed by atoms with Crippen LogP contribution in [0.5, 0.6) is 0 Å². The van der Waals surface area contributed by atoms with Crippen LogP contribution in [0.3, 0.4) is 0 Å². The van der Waals surface area contributed by atoms with Gasteiger partial charge in [0.1, 0.15) is 8.07 Å². The average Bonchev–Trinajstić information content (AvgIpc) is 2.67. The lowest BCUT2D eigenvalue weighted by Gasteiger charge is -2.45. The van der Waals surface area contributed by atoms with E-state index in [0.29, 0.717) is 11.1 Å². The van der Waals surface area contributed by atoms with Gasteiger partial charge in [-0.3, -0.25) is 0 Å². The Balaban J connectivity index is 2.09. The number of aryl methyl sites for hydroxylation is 2. The monoisotopic (exact) mass is 394 g/mol. The first kappa shape index (κ1) is 18.6. The second kappa shape index (κ2) is 6.31. The molecule has 0 bridgehead atoms. The summed E-state index contributed by atoms with van der Waals surface area (Å²) in [5.74, 6) is 0. The molecule has 1 heterocycles. The Morgan fingerprint density at radius 2 is 1.34 bits per heavy atom. The van der Waals surface area contributed by atoms with Crippen LogP contribution < -0.4 is 10.4 Å². The van der Waals surface area contributed by atoms with Crippen molar-refractivity contribution in [1.29, 1.82) is 0 Å². The van der Waals surface area contributed by atoms with E-state index >= 15 is 0 Å². The molecule has 0 saturated carbocycles. The molecule has 0 saturated heterocycles. The van der Waals surface area contributed by atoms with E-state index in [0.717, 1.165) is 0 Å². The summed E-state index contributed by atoms with van der Waals surface area (Å²) in [5, 5.41) is 9.07. The van der Waals surface area contributed by atoms with Crippen molar-refractivity contribution >= 4 is 40.0 Å². The van der Waals surface area contributed by atoms with Crippen molar-refractivity contribution in [2.75, 3.05) is 0 Å². The highest BCUT2D eigenvalue weighted by Crippen LogP contribution is 2.44. The largest absolute Gasteiger partial charge is 0.124 e. The predicted molar refractivity (Wildman–Crippen MR) is 132 cm³/mol. The van der Waals surface area contributed by atoms with Crippen LogP contribution in [-0.2, 0) is 0 Å². The summed E-state index contributed by atoms with van der Waals surface area (Å²) in [6.45, 7) is 14.3. The lowest BCUT2D eigenvalue weighted by Crippen LogP contribution is -2.64. The Bertz CT molecular complexity index is 1270. The van der Waals surface area contributed by atoms with Gasteiger partial charge in [0, 0.05) is 0 Å². The minimum absolute atomic E-state index is 0.650. The SMILES string of the molecule is Cc1cc(C)c2c(c1)cc1c3c(cccc32)[Si](C(C)C)(C(C)C)c2ccccc2-1. The number of rotatable bonds is 2. The molecule has 0 aromatic heterocycles. The van der Waals surface area contributed by atoms with Crippen molar-refractivity contribution < 1.29 is 0 Å². The molecule has 1 heteroatoms. The normalized spacial score (nSPS) is 14.8. The van der Waals surface area contributed by atoms with E-state index in [1.807, 2.05) is 0 Å². The molecular formula is C28H30Si. The number of hydrogen-bond donors (Lipinski definition) is 0. The third-order valence-corrected chi connectivity index (χ3v) is 13.6. The molecule has 1 aliphatic heterocycles. The summed E-state index contributed by atoms with van der Waals surface area (Å²) in [6, 6.07) is 23.6. The van der Waals surface area contributed by atoms with Crippen molar-refractivity contribution in [3.05, 3.63) is 71.8 Å². The molecule has 0 N–H and O–H groups in total. The van der Waals surface area contributed by atoms with Crippen LogP contribution in [0.2, 0.25) is 11.1 Å². The fourth-order valence-electron chi connectivity index (χ4n) is 6.45. The van der Waals surface area contributed by atoms with Gasteiger partial charge >= 0.3 is 0 Å². The molecule has 0 aliphatic carbocycles. The zero-order chi connectivity index (χ0) is 20.5. The molecule has 0 spiro atoms. The van der Waals surface area contributed by atoms with Gasteiger partial charge in [-0.05, 0) is 79.6 Å². The van der Waals surface area contributed by atoms with Crippen molar-refractivity contribution in [1.82, 2.24) is 0 Å². The molecule has 5 rings (SSSR count). The fraction of sp³-hybridized carbons (Fsp3) is 0.286. The van der Waals surface area contributed by atoms with Crippen molar-refractivity contribution in [2.45, 2.75) is 52.6 Å². The van der Waals surface area contributed by atoms with E-state index in [-0.39, 0.29) is 0 Å². The predicted octanol–water partition coefficient (Wildman–Crippen LogP) is 6.97. The third-order valence-electron chi connectivity index (χ3n) is 7.34.